The van der Waals surface area contributed by atoms with Crippen LogP contribution in [0.2, 0.25) is 0 Å². The molecule has 34 heavy (non-hydrogen) atoms. The zero-order valence-corrected chi connectivity index (χ0v) is 20.3. The number of hydrogen-bond donors (Lipinski definition) is 1. The molecular formula is C26H32N4O4. The Morgan fingerprint density at radius 1 is 1.29 bits per heavy atom. The quantitative estimate of drug-likeness (QED) is 0.396. The second-order valence-electron chi connectivity index (χ2n) is 9.23. The van der Waals surface area contributed by atoms with Crippen LogP contribution in [0, 0.1) is 6.92 Å². The summed E-state index contributed by atoms with van der Waals surface area (Å²) in [6, 6.07) is 8.40. The van der Waals surface area contributed by atoms with E-state index in [1.54, 1.807) is 0 Å². The third kappa shape index (κ3) is 4.28. The molecule has 8 nitrogen and oxygen atoms in total. The van der Waals surface area contributed by atoms with Crippen molar-refractivity contribution in [2.24, 2.45) is 0 Å². The number of epoxide rings is 1. The van der Waals surface area contributed by atoms with E-state index in [9.17, 15) is 4.79 Å². The SMILES string of the molecule is CCOC(=O)c1c(-c2cccc(C3CO3)c2)nc2c(c(C)nn2C(C)C)c1NC1CCOCC1. The summed E-state index contributed by atoms with van der Waals surface area (Å²) in [5, 5.41) is 9.35. The fraction of sp³-hybridized carbons (Fsp3) is 0.500. The highest BCUT2D eigenvalue weighted by Crippen LogP contribution is 2.39. The molecule has 2 saturated heterocycles. The third-order valence-electron chi connectivity index (χ3n) is 6.42. The Morgan fingerprint density at radius 2 is 2.06 bits per heavy atom. The van der Waals surface area contributed by atoms with Crippen LogP contribution in [0.15, 0.2) is 24.3 Å². The lowest BCUT2D eigenvalue weighted by Crippen LogP contribution is -2.29. The van der Waals surface area contributed by atoms with Crippen LogP contribution in [0.25, 0.3) is 22.3 Å². The van der Waals surface area contributed by atoms with Crippen molar-refractivity contribution in [3.05, 3.63) is 41.1 Å². The standard InChI is InChI=1S/C26H32N4O4/c1-5-33-26(31)22-23(18-8-6-7-17(13-18)20-14-34-20)28-25-21(16(4)29-30(25)15(2)3)24(22)27-19-9-11-32-12-10-19/h6-8,13,15,19-20H,5,9-12,14H2,1-4H3,(H,27,28). The van der Waals surface area contributed by atoms with E-state index in [1.165, 1.54) is 0 Å². The van der Waals surface area contributed by atoms with Crippen LogP contribution >= 0.6 is 0 Å². The predicted molar refractivity (Wildman–Crippen MR) is 130 cm³/mol. The van der Waals surface area contributed by atoms with E-state index in [1.807, 2.05) is 36.7 Å². The Bertz CT molecular complexity index is 1210. The van der Waals surface area contributed by atoms with Crippen molar-refractivity contribution < 1.29 is 19.0 Å². The summed E-state index contributed by atoms with van der Waals surface area (Å²) in [5.41, 5.74) is 5.36. The van der Waals surface area contributed by atoms with E-state index in [-0.39, 0.29) is 30.8 Å². The zero-order valence-electron chi connectivity index (χ0n) is 20.3. The van der Waals surface area contributed by atoms with Gasteiger partial charge in [0.25, 0.3) is 0 Å². The number of nitrogens with zero attached hydrogens (tertiary/aromatic N) is 3. The lowest BCUT2D eigenvalue weighted by molar-refractivity contribution is 0.0528. The summed E-state index contributed by atoms with van der Waals surface area (Å²) in [6.45, 7) is 10.4. The molecule has 2 aliphatic heterocycles. The lowest BCUT2D eigenvalue weighted by Gasteiger charge is -2.26. The number of ether oxygens (including phenoxy) is 3. The molecule has 8 heteroatoms. The van der Waals surface area contributed by atoms with E-state index in [0.717, 1.165) is 53.0 Å². The van der Waals surface area contributed by atoms with Gasteiger partial charge in [0.15, 0.2) is 5.65 Å². The molecule has 3 aromatic rings. The summed E-state index contributed by atoms with van der Waals surface area (Å²) in [4.78, 5) is 18.5. The van der Waals surface area contributed by atoms with E-state index >= 15 is 0 Å². The number of hydrogen-bond acceptors (Lipinski definition) is 7. The maximum Gasteiger partial charge on any atom is 0.342 e. The first-order valence-corrected chi connectivity index (χ1v) is 12.1. The second-order valence-corrected chi connectivity index (χ2v) is 9.23. The number of nitrogens with one attached hydrogen (secondary N) is 1. The van der Waals surface area contributed by atoms with Gasteiger partial charge in [-0.25, -0.2) is 14.5 Å². The molecule has 0 radical (unpaired) electrons. The topological polar surface area (TPSA) is 90.8 Å². The molecule has 1 aromatic carbocycles. The minimum absolute atomic E-state index is 0.109. The normalized spacial score (nSPS) is 18.4. The van der Waals surface area contributed by atoms with E-state index < -0.39 is 0 Å². The van der Waals surface area contributed by atoms with Gasteiger partial charge in [-0.1, -0.05) is 18.2 Å². The Balaban J connectivity index is 1.78. The molecule has 0 spiro atoms. The number of pyridine rings is 1. The van der Waals surface area contributed by atoms with E-state index in [2.05, 4.69) is 25.2 Å². The van der Waals surface area contributed by atoms with Gasteiger partial charge in [0.05, 0.1) is 35.7 Å². The molecule has 180 valence electrons. The third-order valence-corrected chi connectivity index (χ3v) is 6.42. The van der Waals surface area contributed by atoms with Crippen molar-refractivity contribution in [2.75, 3.05) is 31.7 Å². The average Bonchev–Trinajstić information content (AvgIpc) is 3.63. The van der Waals surface area contributed by atoms with Crippen molar-refractivity contribution in [3.63, 3.8) is 0 Å². The highest BCUT2D eigenvalue weighted by Gasteiger charge is 2.30. The summed E-state index contributed by atoms with van der Waals surface area (Å²) >= 11 is 0. The van der Waals surface area contributed by atoms with Gasteiger partial charge in [0.1, 0.15) is 11.7 Å². The van der Waals surface area contributed by atoms with Crippen molar-refractivity contribution >= 4 is 22.7 Å². The number of carbonyl (C=O) groups excluding carboxylic acids is 1. The van der Waals surface area contributed by atoms with Crippen molar-refractivity contribution in [3.8, 4) is 11.3 Å². The molecule has 4 heterocycles. The number of anilines is 1. The number of benzene rings is 1. The summed E-state index contributed by atoms with van der Waals surface area (Å²) < 4.78 is 18.6. The van der Waals surface area contributed by atoms with Gasteiger partial charge in [-0.05, 0) is 52.2 Å². The second kappa shape index (κ2) is 9.35. The van der Waals surface area contributed by atoms with Gasteiger partial charge in [0.2, 0.25) is 0 Å². The van der Waals surface area contributed by atoms with Gasteiger partial charge < -0.3 is 19.5 Å². The number of esters is 1. The van der Waals surface area contributed by atoms with E-state index in [0.29, 0.717) is 24.5 Å². The fourth-order valence-electron chi connectivity index (χ4n) is 4.63. The van der Waals surface area contributed by atoms with Gasteiger partial charge in [-0.15, -0.1) is 0 Å². The van der Waals surface area contributed by atoms with Crippen LogP contribution in [0.4, 0.5) is 5.69 Å². The highest BCUT2D eigenvalue weighted by molar-refractivity contribution is 6.10. The van der Waals surface area contributed by atoms with Gasteiger partial charge >= 0.3 is 5.97 Å². The van der Waals surface area contributed by atoms with Crippen molar-refractivity contribution in [2.45, 2.75) is 58.7 Å². The summed E-state index contributed by atoms with van der Waals surface area (Å²) in [6.07, 6.45) is 1.85. The molecule has 2 fully saturated rings. The number of fused-ring (bicyclic) bond motifs is 1. The van der Waals surface area contributed by atoms with Crippen LogP contribution in [0.5, 0.6) is 0 Å². The van der Waals surface area contributed by atoms with Gasteiger partial charge in [-0.3, -0.25) is 0 Å². The van der Waals surface area contributed by atoms with Crippen LogP contribution in [0.3, 0.4) is 0 Å². The Labute approximate surface area is 199 Å². The molecule has 1 atom stereocenters. The van der Waals surface area contributed by atoms with Crippen LogP contribution < -0.4 is 5.32 Å². The molecule has 2 aliphatic rings. The molecule has 1 N–H and O–H groups in total. The Morgan fingerprint density at radius 3 is 2.74 bits per heavy atom. The first kappa shape index (κ1) is 22.8. The largest absolute Gasteiger partial charge is 0.462 e. The molecular weight excluding hydrogens is 432 g/mol. The Kier molecular flexibility index (Phi) is 6.27. The fourth-order valence-corrected chi connectivity index (χ4v) is 4.63. The van der Waals surface area contributed by atoms with Crippen molar-refractivity contribution in [1.82, 2.24) is 14.8 Å². The lowest BCUT2D eigenvalue weighted by atomic mass is 9.98. The van der Waals surface area contributed by atoms with E-state index in [4.69, 9.17) is 24.3 Å². The minimum Gasteiger partial charge on any atom is -0.462 e. The summed E-state index contributed by atoms with van der Waals surface area (Å²) in [5.74, 6) is -0.383. The van der Waals surface area contributed by atoms with Crippen LogP contribution in [-0.2, 0) is 14.2 Å². The highest BCUT2D eigenvalue weighted by atomic mass is 16.6. The molecule has 0 saturated carbocycles. The number of rotatable bonds is 7. The minimum atomic E-state index is -0.383. The molecule has 2 aromatic heterocycles. The number of aryl methyl sites for hydroxylation is 1. The smallest absolute Gasteiger partial charge is 0.342 e. The first-order valence-electron chi connectivity index (χ1n) is 12.1. The molecule has 0 aliphatic carbocycles. The maximum atomic E-state index is 13.4. The monoisotopic (exact) mass is 464 g/mol. The number of carbonyl (C=O) groups is 1. The van der Waals surface area contributed by atoms with Gasteiger partial charge in [0, 0.05) is 30.9 Å². The zero-order chi connectivity index (χ0) is 23.8. The number of aromatic nitrogens is 3. The summed E-state index contributed by atoms with van der Waals surface area (Å²) in [7, 11) is 0. The molecule has 1 unspecified atom stereocenters. The average molecular weight is 465 g/mol. The maximum absolute atomic E-state index is 13.4. The van der Waals surface area contributed by atoms with Crippen molar-refractivity contribution in [1.29, 1.82) is 0 Å². The van der Waals surface area contributed by atoms with Gasteiger partial charge in [-0.2, -0.15) is 5.10 Å². The molecule has 0 amide bonds. The molecule has 0 bridgehead atoms. The predicted octanol–water partition coefficient (Wildman–Crippen LogP) is 4.83. The molecule has 5 rings (SSSR count). The van der Waals surface area contributed by atoms with Crippen LogP contribution in [0.1, 0.15) is 67.4 Å². The van der Waals surface area contributed by atoms with Crippen LogP contribution in [-0.4, -0.2) is 53.2 Å². The first-order chi connectivity index (χ1) is 16.5. The Hall–Kier alpha value is -2.97.